The molecule has 4 nitrogen and oxygen atoms in total. The third kappa shape index (κ3) is 1.74. The van der Waals surface area contributed by atoms with E-state index in [9.17, 15) is 0 Å². The number of fused-ring (bicyclic) bond motifs is 1. The van der Waals surface area contributed by atoms with Crippen molar-refractivity contribution in [2.45, 2.75) is 6.61 Å². The first-order valence-corrected chi connectivity index (χ1v) is 4.67. The van der Waals surface area contributed by atoms with Gasteiger partial charge < -0.3 is 14.2 Å². The number of nitriles is 1. The molecule has 78 valence electrons. The summed E-state index contributed by atoms with van der Waals surface area (Å²) in [5.74, 6) is 1.18. The summed E-state index contributed by atoms with van der Waals surface area (Å²) in [6.45, 7) is 1.45. The number of rotatable bonds is 2. The molecule has 1 aromatic rings. The molecule has 0 radical (unpaired) electrons. The van der Waals surface area contributed by atoms with Crippen molar-refractivity contribution < 1.29 is 14.2 Å². The third-order valence-electron chi connectivity index (χ3n) is 2.19. The summed E-state index contributed by atoms with van der Waals surface area (Å²) in [6.07, 6.45) is 0. The molecular weight excluding hydrogens is 194 g/mol. The van der Waals surface area contributed by atoms with E-state index in [2.05, 4.69) is 6.07 Å². The molecule has 0 spiro atoms. The van der Waals surface area contributed by atoms with Gasteiger partial charge in [-0.2, -0.15) is 5.26 Å². The van der Waals surface area contributed by atoms with Gasteiger partial charge in [-0.1, -0.05) is 6.07 Å². The standard InChI is InChI=1S/C11H11NO3/c1-13-7-9-3-2-8(6-12)10-11(9)15-5-4-14-10/h2-3H,4-5,7H2,1H3. The molecule has 1 aliphatic heterocycles. The van der Waals surface area contributed by atoms with Gasteiger partial charge in [0.1, 0.15) is 19.3 Å². The van der Waals surface area contributed by atoms with Crippen LogP contribution in [0.15, 0.2) is 12.1 Å². The lowest BCUT2D eigenvalue weighted by Gasteiger charge is -2.21. The van der Waals surface area contributed by atoms with E-state index in [-0.39, 0.29) is 0 Å². The molecule has 1 heterocycles. The summed E-state index contributed by atoms with van der Waals surface area (Å²) in [5, 5.41) is 8.90. The number of benzene rings is 1. The Morgan fingerprint density at radius 3 is 2.73 bits per heavy atom. The van der Waals surface area contributed by atoms with Gasteiger partial charge in [-0.15, -0.1) is 0 Å². The lowest BCUT2D eigenvalue weighted by Crippen LogP contribution is -2.17. The van der Waals surface area contributed by atoms with E-state index >= 15 is 0 Å². The molecule has 0 aliphatic carbocycles. The Labute approximate surface area is 88.0 Å². The van der Waals surface area contributed by atoms with Crippen LogP contribution in [0.3, 0.4) is 0 Å². The van der Waals surface area contributed by atoms with E-state index in [1.54, 1.807) is 13.2 Å². The summed E-state index contributed by atoms with van der Waals surface area (Å²) in [6, 6.07) is 5.63. The molecule has 0 atom stereocenters. The second kappa shape index (κ2) is 4.20. The number of nitrogens with zero attached hydrogens (tertiary/aromatic N) is 1. The van der Waals surface area contributed by atoms with Crippen molar-refractivity contribution in [3.8, 4) is 17.6 Å². The van der Waals surface area contributed by atoms with Crippen LogP contribution in [0, 0.1) is 11.3 Å². The SMILES string of the molecule is COCc1ccc(C#N)c2c1OCCO2. The van der Waals surface area contributed by atoms with E-state index in [0.717, 1.165) is 5.56 Å². The number of hydrogen-bond donors (Lipinski definition) is 0. The minimum atomic E-state index is 0.456. The Bertz CT molecular complexity index is 409. The van der Waals surface area contributed by atoms with Gasteiger partial charge in [0.25, 0.3) is 0 Å². The van der Waals surface area contributed by atoms with Crippen LogP contribution in [0.2, 0.25) is 0 Å². The Balaban J connectivity index is 2.48. The Hall–Kier alpha value is -1.73. The highest BCUT2D eigenvalue weighted by Crippen LogP contribution is 2.37. The fraction of sp³-hybridized carbons (Fsp3) is 0.364. The highest BCUT2D eigenvalue weighted by molar-refractivity contribution is 5.57. The predicted octanol–water partition coefficient (Wildman–Crippen LogP) is 1.48. The highest BCUT2D eigenvalue weighted by Gasteiger charge is 2.19. The van der Waals surface area contributed by atoms with Crippen LogP contribution in [0.4, 0.5) is 0 Å². The molecular formula is C11H11NO3. The molecule has 0 saturated carbocycles. The van der Waals surface area contributed by atoms with Gasteiger partial charge in [0.05, 0.1) is 12.2 Å². The number of ether oxygens (including phenoxy) is 3. The van der Waals surface area contributed by atoms with Crippen molar-refractivity contribution in [1.29, 1.82) is 5.26 Å². The summed E-state index contributed by atoms with van der Waals surface area (Å²) in [4.78, 5) is 0. The van der Waals surface area contributed by atoms with Gasteiger partial charge >= 0.3 is 0 Å². The first-order chi connectivity index (χ1) is 7.36. The van der Waals surface area contributed by atoms with Crippen molar-refractivity contribution in [1.82, 2.24) is 0 Å². The van der Waals surface area contributed by atoms with E-state index in [4.69, 9.17) is 19.5 Å². The molecule has 1 aromatic carbocycles. The lowest BCUT2D eigenvalue weighted by atomic mass is 10.1. The quantitative estimate of drug-likeness (QED) is 0.733. The monoisotopic (exact) mass is 205 g/mol. The second-order valence-corrected chi connectivity index (χ2v) is 3.17. The zero-order valence-corrected chi connectivity index (χ0v) is 8.45. The summed E-state index contributed by atoms with van der Waals surface area (Å²) in [5.41, 5.74) is 1.41. The molecule has 0 saturated heterocycles. The van der Waals surface area contributed by atoms with Crippen molar-refractivity contribution in [2.24, 2.45) is 0 Å². The average Bonchev–Trinajstić information content (AvgIpc) is 2.30. The maximum Gasteiger partial charge on any atom is 0.179 e. The van der Waals surface area contributed by atoms with Gasteiger partial charge in [0, 0.05) is 12.7 Å². The van der Waals surface area contributed by atoms with Crippen LogP contribution in [-0.2, 0) is 11.3 Å². The van der Waals surface area contributed by atoms with E-state index in [1.807, 2.05) is 6.07 Å². The molecule has 0 aromatic heterocycles. The second-order valence-electron chi connectivity index (χ2n) is 3.17. The van der Waals surface area contributed by atoms with Crippen molar-refractivity contribution in [3.05, 3.63) is 23.3 Å². The van der Waals surface area contributed by atoms with Crippen LogP contribution in [0.25, 0.3) is 0 Å². The molecule has 0 unspecified atom stereocenters. The fourth-order valence-corrected chi connectivity index (χ4v) is 1.55. The van der Waals surface area contributed by atoms with Gasteiger partial charge in [0.2, 0.25) is 0 Å². The fourth-order valence-electron chi connectivity index (χ4n) is 1.55. The molecule has 0 amide bonds. The first-order valence-electron chi connectivity index (χ1n) is 4.67. The van der Waals surface area contributed by atoms with Crippen LogP contribution in [-0.4, -0.2) is 20.3 Å². The molecule has 15 heavy (non-hydrogen) atoms. The number of methoxy groups -OCH3 is 1. The van der Waals surface area contributed by atoms with E-state index in [0.29, 0.717) is 36.9 Å². The maximum atomic E-state index is 8.90. The van der Waals surface area contributed by atoms with Crippen LogP contribution < -0.4 is 9.47 Å². The molecule has 0 N–H and O–H groups in total. The predicted molar refractivity (Wildman–Crippen MR) is 52.9 cm³/mol. The zero-order valence-electron chi connectivity index (χ0n) is 8.45. The topological polar surface area (TPSA) is 51.5 Å². The normalized spacial score (nSPS) is 13.3. The Morgan fingerprint density at radius 2 is 2.07 bits per heavy atom. The summed E-state index contributed by atoms with van der Waals surface area (Å²) < 4.78 is 16.0. The zero-order chi connectivity index (χ0) is 10.7. The van der Waals surface area contributed by atoms with Crippen molar-refractivity contribution >= 4 is 0 Å². The minimum Gasteiger partial charge on any atom is -0.486 e. The smallest absolute Gasteiger partial charge is 0.179 e. The summed E-state index contributed by atoms with van der Waals surface area (Å²) in [7, 11) is 1.62. The lowest BCUT2D eigenvalue weighted by molar-refractivity contribution is 0.153. The molecule has 2 rings (SSSR count). The van der Waals surface area contributed by atoms with Gasteiger partial charge in [-0.3, -0.25) is 0 Å². The first kappa shape index (κ1) is 9.81. The Kier molecular flexibility index (Phi) is 2.75. The van der Waals surface area contributed by atoms with Gasteiger partial charge in [0.15, 0.2) is 11.5 Å². The van der Waals surface area contributed by atoms with Crippen LogP contribution in [0.5, 0.6) is 11.5 Å². The molecule has 0 fully saturated rings. The van der Waals surface area contributed by atoms with E-state index in [1.165, 1.54) is 0 Å². The van der Waals surface area contributed by atoms with Gasteiger partial charge in [-0.05, 0) is 6.07 Å². The third-order valence-corrected chi connectivity index (χ3v) is 2.19. The molecule has 4 heteroatoms. The summed E-state index contributed by atoms with van der Waals surface area (Å²) >= 11 is 0. The van der Waals surface area contributed by atoms with Crippen LogP contribution in [0.1, 0.15) is 11.1 Å². The Morgan fingerprint density at radius 1 is 1.33 bits per heavy atom. The average molecular weight is 205 g/mol. The number of hydrogen-bond acceptors (Lipinski definition) is 4. The van der Waals surface area contributed by atoms with E-state index < -0.39 is 0 Å². The van der Waals surface area contributed by atoms with Crippen molar-refractivity contribution in [2.75, 3.05) is 20.3 Å². The molecule has 0 bridgehead atoms. The van der Waals surface area contributed by atoms with Gasteiger partial charge in [-0.25, -0.2) is 0 Å². The minimum absolute atomic E-state index is 0.456. The van der Waals surface area contributed by atoms with Crippen LogP contribution >= 0.6 is 0 Å². The largest absolute Gasteiger partial charge is 0.486 e. The maximum absolute atomic E-state index is 8.90. The highest BCUT2D eigenvalue weighted by atomic mass is 16.6. The molecule has 1 aliphatic rings. The van der Waals surface area contributed by atoms with Crippen molar-refractivity contribution in [3.63, 3.8) is 0 Å².